The van der Waals surface area contributed by atoms with Gasteiger partial charge in [0.1, 0.15) is 0 Å². The third-order valence-corrected chi connectivity index (χ3v) is 2.29. The van der Waals surface area contributed by atoms with Crippen LogP contribution in [0, 0.1) is 0 Å². The van der Waals surface area contributed by atoms with Gasteiger partial charge in [-0.2, -0.15) is 0 Å². The van der Waals surface area contributed by atoms with E-state index in [1.54, 1.807) is 0 Å². The fourth-order valence-electron chi connectivity index (χ4n) is 1.60. The SMILES string of the molecule is C=CCCCNC(CCC)CCC. The molecular formula is C12H25N. The molecule has 0 aliphatic rings. The van der Waals surface area contributed by atoms with Gasteiger partial charge in [0.15, 0.2) is 0 Å². The summed E-state index contributed by atoms with van der Waals surface area (Å²) in [6.07, 6.45) is 9.59. The van der Waals surface area contributed by atoms with Crippen LogP contribution in [-0.2, 0) is 0 Å². The van der Waals surface area contributed by atoms with Gasteiger partial charge in [-0.25, -0.2) is 0 Å². The summed E-state index contributed by atoms with van der Waals surface area (Å²) in [6.45, 7) is 9.39. The van der Waals surface area contributed by atoms with Crippen molar-refractivity contribution in [3.63, 3.8) is 0 Å². The molecule has 0 spiro atoms. The van der Waals surface area contributed by atoms with E-state index in [4.69, 9.17) is 0 Å². The molecule has 0 saturated carbocycles. The summed E-state index contributed by atoms with van der Waals surface area (Å²) < 4.78 is 0. The zero-order valence-corrected chi connectivity index (χ0v) is 9.31. The van der Waals surface area contributed by atoms with Gasteiger partial charge in [0.05, 0.1) is 0 Å². The summed E-state index contributed by atoms with van der Waals surface area (Å²) in [5, 5.41) is 3.61. The Balaban J connectivity index is 3.37. The lowest BCUT2D eigenvalue weighted by Gasteiger charge is -2.16. The molecule has 0 radical (unpaired) electrons. The van der Waals surface area contributed by atoms with Gasteiger partial charge in [-0.1, -0.05) is 32.8 Å². The minimum Gasteiger partial charge on any atom is -0.314 e. The maximum Gasteiger partial charge on any atom is 0.00668 e. The number of hydrogen-bond acceptors (Lipinski definition) is 1. The van der Waals surface area contributed by atoms with Crippen LogP contribution in [0.2, 0.25) is 0 Å². The molecule has 0 fully saturated rings. The van der Waals surface area contributed by atoms with Gasteiger partial charge >= 0.3 is 0 Å². The quantitative estimate of drug-likeness (QED) is 0.426. The van der Waals surface area contributed by atoms with Crippen molar-refractivity contribution in [1.82, 2.24) is 5.32 Å². The van der Waals surface area contributed by atoms with E-state index in [9.17, 15) is 0 Å². The molecule has 0 aromatic heterocycles. The highest BCUT2D eigenvalue weighted by molar-refractivity contribution is 4.69. The maximum absolute atomic E-state index is 3.72. The predicted octanol–water partition coefficient (Wildman–Crippen LogP) is 3.51. The summed E-state index contributed by atoms with van der Waals surface area (Å²) in [5.41, 5.74) is 0. The Hall–Kier alpha value is -0.300. The Morgan fingerprint density at radius 1 is 1.23 bits per heavy atom. The molecule has 0 aromatic rings. The van der Waals surface area contributed by atoms with Gasteiger partial charge in [0.2, 0.25) is 0 Å². The first kappa shape index (κ1) is 12.7. The number of nitrogens with one attached hydrogen (secondary N) is 1. The normalized spacial score (nSPS) is 10.7. The van der Waals surface area contributed by atoms with Crippen molar-refractivity contribution in [3.8, 4) is 0 Å². The molecule has 0 saturated heterocycles. The average Bonchev–Trinajstić information content (AvgIpc) is 2.13. The van der Waals surface area contributed by atoms with Crippen LogP contribution in [0.25, 0.3) is 0 Å². The Bertz CT molecular complexity index is 104. The molecule has 0 atom stereocenters. The van der Waals surface area contributed by atoms with Gasteiger partial charge in [-0.3, -0.25) is 0 Å². The zero-order chi connectivity index (χ0) is 9.94. The molecule has 1 heteroatoms. The van der Waals surface area contributed by atoms with E-state index in [0.717, 1.165) is 19.0 Å². The first-order chi connectivity index (χ1) is 6.35. The Morgan fingerprint density at radius 2 is 1.85 bits per heavy atom. The predicted molar refractivity (Wildman–Crippen MR) is 61.0 cm³/mol. The van der Waals surface area contributed by atoms with E-state index in [0.29, 0.717) is 0 Å². The third-order valence-electron chi connectivity index (χ3n) is 2.29. The summed E-state index contributed by atoms with van der Waals surface area (Å²) >= 11 is 0. The number of allylic oxidation sites excluding steroid dienone is 1. The standard InChI is InChI=1S/C12H25N/c1-4-7-8-11-13-12(9-5-2)10-6-3/h4,12-13H,1,5-11H2,2-3H3. The van der Waals surface area contributed by atoms with Crippen molar-refractivity contribution in [2.24, 2.45) is 0 Å². The molecule has 0 heterocycles. The highest BCUT2D eigenvalue weighted by Gasteiger charge is 2.03. The second-order valence-electron chi connectivity index (χ2n) is 3.66. The molecule has 78 valence electrons. The van der Waals surface area contributed by atoms with Gasteiger partial charge in [-0.15, -0.1) is 6.58 Å². The minimum absolute atomic E-state index is 0.750. The Labute approximate surface area is 83.6 Å². The number of unbranched alkanes of at least 4 members (excludes halogenated alkanes) is 1. The van der Waals surface area contributed by atoms with Crippen LogP contribution in [0.1, 0.15) is 52.4 Å². The van der Waals surface area contributed by atoms with Crippen LogP contribution in [0.15, 0.2) is 12.7 Å². The zero-order valence-electron chi connectivity index (χ0n) is 9.31. The summed E-state index contributed by atoms with van der Waals surface area (Å²) in [4.78, 5) is 0. The lowest BCUT2D eigenvalue weighted by molar-refractivity contribution is 0.441. The van der Waals surface area contributed by atoms with E-state index in [-0.39, 0.29) is 0 Å². The largest absolute Gasteiger partial charge is 0.314 e. The fraction of sp³-hybridized carbons (Fsp3) is 0.833. The highest BCUT2D eigenvalue weighted by atomic mass is 14.9. The van der Waals surface area contributed by atoms with E-state index in [1.165, 1.54) is 32.1 Å². The van der Waals surface area contributed by atoms with Gasteiger partial charge in [0.25, 0.3) is 0 Å². The van der Waals surface area contributed by atoms with Crippen molar-refractivity contribution in [3.05, 3.63) is 12.7 Å². The molecule has 0 amide bonds. The third kappa shape index (κ3) is 8.04. The Morgan fingerprint density at radius 3 is 2.31 bits per heavy atom. The van der Waals surface area contributed by atoms with Crippen LogP contribution >= 0.6 is 0 Å². The monoisotopic (exact) mass is 183 g/mol. The van der Waals surface area contributed by atoms with Crippen LogP contribution in [0.4, 0.5) is 0 Å². The van der Waals surface area contributed by atoms with E-state index < -0.39 is 0 Å². The van der Waals surface area contributed by atoms with Crippen molar-refractivity contribution >= 4 is 0 Å². The Kier molecular flexibility index (Phi) is 9.56. The summed E-state index contributed by atoms with van der Waals surface area (Å²) in [6, 6.07) is 0.750. The highest BCUT2D eigenvalue weighted by Crippen LogP contribution is 2.04. The number of hydrogen-bond donors (Lipinski definition) is 1. The molecule has 13 heavy (non-hydrogen) atoms. The van der Waals surface area contributed by atoms with E-state index in [2.05, 4.69) is 25.7 Å². The molecule has 0 bridgehead atoms. The average molecular weight is 183 g/mol. The van der Waals surface area contributed by atoms with Crippen LogP contribution in [0.5, 0.6) is 0 Å². The van der Waals surface area contributed by atoms with Gasteiger partial charge in [0, 0.05) is 6.04 Å². The molecule has 1 nitrogen and oxygen atoms in total. The van der Waals surface area contributed by atoms with Crippen molar-refractivity contribution < 1.29 is 0 Å². The molecule has 1 N–H and O–H groups in total. The van der Waals surface area contributed by atoms with Crippen LogP contribution in [-0.4, -0.2) is 12.6 Å². The van der Waals surface area contributed by atoms with E-state index in [1.807, 2.05) is 6.08 Å². The minimum atomic E-state index is 0.750. The molecule has 0 unspecified atom stereocenters. The lowest BCUT2D eigenvalue weighted by Crippen LogP contribution is -2.29. The molecule has 0 rings (SSSR count). The van der Waals surface area contributed by atoms with Gasteiger partial charge < -0.3 is 5.32 Å². The smallest absolute Gasteiger partial charge is 0.00668 e. The van der Waals surface area contributed by atoms with E-state index >= 15 is 0 Å². The van der Waals surface area contributed by atoms with Crippen LogP contribution in [0.3, 0.4) is 0 Å². The second kappa shape index (κ2) is 9.79. The van der Waals surface area contributed by atoms with Crippen LogP contribution < -0.4 is 5.32 Å². The number of rotatable bonds is 9. The summed E-state index contributed by atoms with van der Waals surface area (Å²) in [7, 11) is 0. The van der Waals surface area contributed by atoms with Crippen molar-refractivity contribution in [1.29, 1.82) is 0 Å². The van der Waals surface area contributed by atoms with Crippen molar-refractivity contribution in [2.75, 3.05) is 6.54 Å². The van der Waals surface area contributed by atoms with Crippen molar-refractivity contribution in [2.45, 2.75) is 58.4 Å². The summed E-state index contributed by atoms with van der Waals surface area (Å²) in [5.74, 6) is 0. The molecular weight excluding hydrogens is 158 g/mol. The lowest BCUT2D eigenvalue weighted by atomic mass is 10.1. The van der Waals surface area contributed by atoms with Gasteiger partial charge in [-0.05, 0) is 32.2 Å². The topological polar surface area (TPSA) is 12.0 Å². The maximum atomic E-state index is 3.72. The first-order valence-corrected chi connectivity index (χ1v) is 5.69. The molecule has 0 aliphatic heterocycles. The molecule has 0 aliphatic carbocycles. The second-order valence-corrected chi connectivity index (χ2v) is 3.66. The fourth-order valence-corrected chi connectivity index (χ4v) is 1.60. The molecule has 0 aromatic carbocycles. The first-order valence-electron chi connectivity index (χ1n) is 5.69.